The van der Waals surface area contributed by atoms with E-state index in [-0.39, 0.29) is 5.91 Å². The van der Waals surface area contributed by atoms with Crippen LogP contribution in [0.2, 0.25) is 0 Å². The maximum absolute atomic E-state index is 12.9. The van der Waals surface area contributed by atoms with Crippen LogP contribution >= 0.6 is 0 Å². The molecule has 0 aliphatic heterocycles. The van der Waals surface area contributed by atoms with Gasteiger partial charge in [-0.3, -0.25) is 4.79 Å². The van der Waals surface area contributed by atoms with Crippen molar-refractivity contribution in [2.75, 3.05) is 7.11 Å². The first-order chi connectivity index (χ1) is 14.0. The molecule has 1 N–H and O–H groups in total. The average Bonchev–Trinajstić information content (AvgIpc) is 3.19. The Labute approximate surface area is 170 Å². The highest BCUT2D eigenvalue weighted by molar-refractivity contribution is 5.95. The standard InChI is InChI=1S/C24H23N3O2/c1-17-15-27(16-25-17)22-14-20-12-8-7-11-19(20)13-21(22)24(2,29-3)26-23(28)18-9-5-4-6-10-18/h4-16H,1-3H3,(H,26,28). The van der Waals surface area contributed by atoms with Gasteiger partial charge in [-0.15, -0.1) is 0 Å². The van der Waals surface area contributed by atoms with Crippen molar-refractivity contribution in [3.8, 4) is 5.69 Å². The van der Waals surface area contributed by atoms with Gasteiger partial charge in [-0.1, -0.05) is 42.5 Å². The number of nitrogens with zero attached hydrogens (tertiary/aromatic N) is 2. The molecular formula is C24H23N3O2. The topological polar surface area (TPSA) is 56.1 Å². The molecule has 0 fully saturated rings. The molecule has 1 heterocycles. The zero-order valence-corrected chi connectivity index (χ0v) is 16.7. The number of carbonyl (C=O) groups is 1. The summed E-state index contributed by atoms with van der Waals surface area (Å²) < 4.78 is 7.83. The molecule has 4 rings (SSSR count). The number of aromatic nitrogens is 2. The molecule has 0 aliphatic rings. The van der Waals surface area contributed by atoms with Crippen molar-refractivity contribution in [1.82, 2.24) is 14.9 Å². The Bertz CT molecular complexity index is 1170. The molecule has 4 aromatic rings. The number of benzene rings is 3. The summed E-state index contributed by atoms with van der Waals surface area (Å²) in [5.74, 6) is -0.198. The molecule has 0 radical (unpaired) electrons. The van der Waals surface area contributed by atoms with E-state index in [0.717, 1.165) is 27.7 Å². The van der Waals surface area contributed by atoms with Crippen molar-refractivity contribution in [2.45, 2.75) is 19.6 Å². The van der Waals surface area contributed by atoms with E-state index in [4.69, 9.17) is 4.74 Å². The number of carbonyl (C=O) groups excluding carboxylic acids is 1. The quantitative estimate of drug-likeness (QED) is 0.512. The van der Waals surface area contributed by atoms with E-state index in [2.05, 4.69) is 34.6 Å². The van der Waals surface area contributed by atoms with Gasteiger partial charge in [0.2, 0.25) is 0 Å². The van der Waals surface area contributed by atoms with Crippen LogP contribution in [0.5, 0.6) is 0 Å². The second kappa shape index (κ2) is 7.53. The Kier molecular flexibility index (Phi) is 4.91. The first-order valence-electron chi connectivity index (χ1n) is 9.47. The summed E-state index contributed by atoms with van der Waals surface area (Å²) >= 11 is 0. The van der Waals surface area contributed by atoms with E-state index in [0.29, 0.717) is 5.56 Å². The molecule has 146 valence electrons. The third kappa shape index (κ3) is 3.65. The lowest BCUT2D eigenvalue weighted by molar-refractivity contribution is -0.0229. The van der Waals surface area contributed by atoms with E-state index >= 15 is 0 Å². The minimum Gasteiger partial charge on any atom is -0.355 e. The summed E-state index contributed by atoms with van der Waals surface area (Å²) in [6.07, 6.45) is 3.74. The molecule has 0 saturated carbocycles. The predicted molar refractivity (Wildman–Crippen MR) is 114 cm³/mol. The van der Waals surface area contributed by atoms with Gasteiger partial charge in [-0.05, 0) is 48.9 Å². The van der Waals surface area contributed by atoms with E-state index < -0.39 is 5.72 Å². The van der Waals surface area contributed by atoms with Crippen LogP contribution in [0.15, 0.2) is 79.3 Å². The summed E-state index contributed by atoms with van der Waals surface area (Å²) in [6.45, 7) is 3.81. The number of hydrogen-bond donors (Lipinski definition) is 1. The van der Waals surface area contributed by atoms with Gasteiger partial charge >= 0.3 is 0 Å². The predicted octanol–water partition coefficient (Wildman–Crippen LogP) is 4.58. The molecule has 1 aromatic heterocycles. The largest absolute Gasteiger partial charge is 0.355 e. The van der Waals surface area contributed by atoms with Gasteiger partial charge in [0.1, 0.15) is 0 Å². The fraction of sp³-hybridized carbons (Fsp3) is 0.167. The SMILES string of the molecule is COC(C)(NC(=O)c1ccccc1)c1cc2ccccc2cc1-n1cnc(C)c1. The number of hydrogen-bond acceptors (Lipinski definition) is 3. The normalized spacial score (nSPS) is 13.2. The summed E-state index contributed by atoms with van der Waals surface area (Å²) in [4.78, 5) is 17.3. The number of amides is 1. The molecule has 29 heavy (non-hydrogen) atoms. The molecule has 1 atom stereocenters. The van der Waals surface area contributed by atoms with Crippen LogP contribution < -0.4 is 5.32 Å². The molecule has 0 bridgehead atoms. The highest BCUT2D eigenvalue weighted by Gasteiger charge is 2.32. The Balaban J connectivity index is 1.86. The second-order valence-corrected chi connectivity index (χ2v) is 7.20. The highest BCUT2D eigenvalue weighted by Crippen LogP contribution is 2.32. The van der Waals surface area contributed by atoms with Gasteiger partial charge in [-0.25, -0.2) is 4.98 Å². The van der Waals surface area contributed by atoms with E-state index in [1.165, 1.54) is 0 Å². The Morgan fingerprint density at radius 1 is 1.03 bits per heavy atom. The van der Waals surface area contributed by atoms with Gasteiger partial charge in [0.05, 0.1) is 17.7 Å². The average molecular weight is 385 g/mol. The fourth-order valence-corrected chi connectivity index (χ4v) is 3.48. The van der Waals surface area contributed by atoms with Crippen molar-refractivity contribution in [2.24, 2.45) is 0 Å². The molecule has 0 saturated heterocycles. The number of fused-ring (bicyclic) bond motifs is 1. The van der Waals surface area contributed by atoms with Gasteiger partial charge in [0, 0.05) is 24.4 Å². The van der Waals surface area contributed by atoms with Crippen LogP contribution in [-0.2, 0) is 10.5 Å². The lowest BCUT2D eigenvalue weighted by Crippen LogP contribution is -2.45. The maximum Gasteiger partial charge on any atom is 0.253 e. The van der Waals surface area contributed by atoms with Crippen molar-refractivity contribution < 1.29 is 9.53 Å². The lowest BCUT2D eigenvalue weighted by Gasteiger charge is -2.32. The van der Waals surface area contributed by atoms with Crippen LogP contribution in [0.1, 0.15) is 28.5 Å². The van der Waals surface area contributed by atoms with Crippen molar-refractivity contribution in [1.29, 1.82) is 0 Å². The van der Waals surface area contributed by atoms with Crippen molar-refractivity contribution in [3.63, 3.8) is 0 Å². The van der Waals surface area contributed by atoms with Crippen LogP contribution in [0.25, 0.3) is 16.5 Å². The van der Waals surface area contributed by atoms with Crippen molar-refractivity contribution in [3.05, 3.63) is 96.1 Å². The third-order valence-corrected chi connectivity index (χ3v) is 5.16. The fourth-order valence-electron chi connectivity index (χ4n) is 3.48. The number of nitrogens with one attached hydrogen (secondary N) is 1. The van der Waals surface area contributed by atoms with Gasteiger partial charge < -0.3 is 14.6 Å². The molecule has 1 unspecified atom stereocenters. The Morgan fingerprint density at radius 2 is 1.69 bits per heavy atom. The summed E-state index contributed by atoms with van der Waals surface area (Å²) in [5, 5.41) is 5.23. The van der Waals surface area contributed by atoms with Crippen LogP contribution in [0.3, 0.4) is 0 Å². The Morgan fingerprint density at radius 3 is 2.31 bits per heavy atom. The van der Waals surface area contributed by atoms with Crippen LogP contribution in [0.4, 0.5) is 0 Å². The zero-order valence-electron chi connectivity index (χ0n) is 16.7. The molecule has 1 amide bonds. The monoisotopic (exact) mass is 385 g/mol. The molecule has 5 nitrogen and oxygen atoms in total. The smallest absolute Gasteiger partial charge is 0.253 e. The number of aryl methyl sites for hydroxylation is 1. The molecule has 0 aliphatic carbocycles. The van der Waals surface area contributed by atoms with Crippen LogP contribution in [0, 0.1) is 6.92 Å². The highest BCUT2D eigenvalue weighted by atomic mass is 16.5. The first kappa shape index (κ1) is 18.9. The van der Waals surface area contributed by atoms with Gasteiger partial charge in [0.15, 0.2) is 5.72 Å². The minimum atomic E-state index is -1.04. The summed E-state index contributed by atoms with van der Waals surface area (Å²) in [5.41, 5.74) is 2.21. The molecular weight excluding hydrogens is 362 g/mol. The molecule has 5 heteroatoms. The van der Waals surface area contributed by atoms with Crippen LogP contribution in [-0.4, -0.2) is 22.6 Å². The van der Waals surface area contributed by atoms with E-state index in [9.17, 15) is 4.79 Å². The van der Waals surface area contributed by atoms with Gasteiger partial charge in [0.25, 0.3) is 5.91 Å². The van der Waals surface area contributed by atoms with Gasteiger partial charge in [-0.2, -0.15) is 0 Å². The number of imidazole rings is 1. The summed E-state index contributed by atoms with van der Waals surface area (Å²) in [7, 11) is 1.60. The second-order valence-electron chi connectivity index (χ2n) is 7.20. The third-order valence-electron chi connectivity index (χ3n) is 5.16. The maximum atomic E-state index is 12.9. The number of methoxy groups -OCH3 is 1. The summed E-state index contributed by atoms with van der Waals surface area (Å²) in [6, 6.07) is 21.4. The molecule has 0 spiro atoms. The minimum absolute atomic E-state index is 0.198. The zero-order chi connectivity index (χ0) is 20.4. The Hall–Kier alpha value is -3.44. The number of rotatable bonds is 5. The lowest BCUT2D eigenvalue weighted by atomic mass is 9.96. The number of ether oxygens (including phenoxy) is 1. The van der Waals surface area contributed by atoms with E-state index in [1.807, 2.05) is 54.9 Å². The molecule has 3 aromatic carbocycles. The first-order valence-corrected chi connectivity index (χ1v) is 9.47. The van der Waals surface area contributed by atoms with E-state index in [1.54, 1.807) is 25.6 Å². The van der Waals surface area contributed by atoms with Crippen molar-refractivity contribution >= 4 is 16.7 Å².